The zero-order valence-corrected chi connectivity index (χ0v) is 11.2. The van der Waals surface area contributed by atoms with E-state index in [9.17, 15) is 0 Å². The van der Waals surface area contributed by atoms with Gasteiger partial charge in [-0.3, -0.25) is 0 Å². The number of rotatable bonds is 2. The van der Waals surface area contributed by atoms with Crippen molar-refractivity contribution in [1.82, 2.24) is 0 Å². The third-order valence-corrected chi connectivity index (χ3v) is 3.44. The Hall–Kier alpha value is -0.780. The van der Waals surface area contributed by atoms with Gasteiger partial charge < -0.3 is 0 Å². The van der Waals surface area contributed by atoms with Gasteiger partial charge in [0.15, 0.2) is 0 Å². The molecule has 0 amide bonds. The molecular formula is C16H23. The lowest BCUT2D eigenvalue weighted by molar-refractivity contribution is 0.581. The Labute approximate surface area is 100 Å². The van der Waals surface area contributed by atoms with Gasteiger partial charge in [0.25, 0.3) is 0 Å². The topological polar surface area (TPSA) is 0 Å². The van der Waals surface area contributed by atoms with E-state index in [1.807, 2.05) is 0 Å². The van der Waals surface area contributed by atoms with E-state index in [1.165, 1.54) is 24.3 Å². The second-order valence-corrected chi connectivity index (χ2v) is 6.29. The van der Waals surface area contributed by atoms with Crippen LogP contribution in [0.15, 0.2) is 18.2 Å². The lowest BCUT2D eigenvalue weighted by atomic mass is 9.79. The molecule has 1 aromatic rings. The predicted octanol–water partition coefficient (Wildman–Crippen LogP) is 4.82. The average Bonchev–Trinajstić information content (AvgIpc) is 2.98. The van der Waals surface area contributed by atoms with Crippen LogP contribution in [-0.4, -0.2) is 0 Å². The number of hydrogen-bond donors (Lipinski definition) is 0. The van der Waals surface area contributed by atoms with Gasteiger partial charge in [-0.2, -0.15) is 0 Å². The first-order valence-corrected chi connectivity index (χ1v) is 6.35. The fourth-order valence-corrected chi connectivity index (χ4v) is 2.47. The third kappa shape index (κ3) is 2.16. The highest BCUT2D eigenvalue weighted by atomic mass is 14.4. The Morgan fingerprint density at radius 2 is 1.75 bits per heavy atom. The molecule has 0 aliphatic heterocycles. The molecule has 0 spiro atoms. The van der Waals surface area contributed by atoms with Crippen molar-refractivity contribution in [3.63, 3.8) is 0 Å². The zero-order valence-electron chi connectivity index (χ0n) is 11.2. The second kappa shape index (κ2) is 3.91. The smallest absolute Gasteiger partial charge is 0.000901 e. The molecule has 1 radical (unpaired) electrons. The van der Waals surface area contributed by atoms with Crippen molar-refractivity contribution >= 4 is 0 Å². The Bertz CT molecular complexity index is 376. The lowest BCUT2D eigenvalue weighted by Crippen LogP contribution is -2.15. The van der Waals surface area contributed by atoms with Gasteiger partial charge in [0.1, 0.15) is 0 Å². The van der Waals surface area contributed by atoms with Crippen LogP contribution < -0.4 is 0 Å². The maximum absolute atomic E-state index is 2.32. The summed E-state index contributed by atoms with van der Waals surface area (Å²) in [5.41, 5.74) is 4.95. The van der Waals surface area contributed by atoms with Gasteiger partial charge in [-0.1, -0.05) is 52.8 Å². The molecule has 1 aromatic carbocycles. The molecule has 0 atom stereocenters. The summed E-state index contributed by atoms with van der Waals surface area (Å²) in [6, 6.07) is 6.83. The summed E-state index contributed by atoms with van der Waals surface area (Å²) in [4.78, 5) is 0. The van der Waals surface area contributed by atoms with E-state index in [2.05, 4.69) is 52.8 Å². The second-order valence-electron chi connectivity index (χ2n) is 6.29. The van der Waals surface area contributed by atoms with Crippen molar-refractivity contribution in [3.05, 3.63) is 40.8 Å². The van der Waals surface area contributed by atoms with Gasteiger partial charge in [0, 0.05) is 0 Å². The monoisotopic (exact) mass is 215 g/mol. The van der Waals surface area contributed by atoms with Crippen LogP contribution in [0.2, 0.25) is 0 Å². The molecule has 0 bridgehead atoms. The molecule has 1 saturated carbocycles. The van der Waals surface area contributed by atoms with Gasteiger partial charge in [0.05, 0.1) is 0 Å². The Kier molecular flexibility index (Phi) is 2.86. The van der Waals surface area contributed by atoms with Gasteiger partial charge >= 0.3 is 0 Å². The number of hydrogen-bond acceptors (Lipinski definition) is 0. The summed E-state index contributed by atoms with van der Waals surface area (Å²) in [7, 11) is 0. The maximum Gasteiger partial charge on any atom is -0.000901 e. The minimum atomic E-state index is 0.267. The highest BCUT2D eigenvalue weighted by molar-refractivity contribution is 5.48. The molecule has 2 rings (SSSR count). The van der Waals surface area contributed by atoms with Gasteiger partial charge in [-0.15, -0.1) is 0 Å². The van der Waals surface area contributed by atoms with E-state index in [0.717, 1.165) is 5.92 Å². The van der Waals surface area contributed by atoms with Crippen LogP contribution in [0.25, 0.3) is 0 Å². The molecule has 1 aliphatic carbocycles. The maximum atomic E-state index is 2.32. The minimum absolute atomic E-state index is 0.267. The molecule has 0 saturated heterocycles. The van der Waals surface area contributed by atoms with E-state index in [4.69, 9.17) is 0 Å². The van der Waals surface area contributed by atoms with Crippen LogP contribution in [0.1, 0.15) is 70.1 Å². The van der Waals surface area contributed by atoms with Crippen molar-refractivity contribution in [2.24, 2.45) is 0 Å². The van der Waals surface area contributed by atoms with Crippen LogP contribution >= 0.6 is 0 Å². The van der Waals surface area contributed by atoms with Crippen LogP contribution in [0, 0.1) is 5.92 Å². The lowest BCUT2D eigenvalue weighted by Gasteiger charge is -2.26. The summed E-state index contributed by atoms with van der Waals surface area (Å²) in [5.74, 6) is 2.29. The molecule has 87 valence electrons. The van der Waals surface area contributed by atoms with E-state index < -0.39 is 0 Å². The first-order valence-electron chi connectivity index (χ1n) is 6.35. The molecule has 1 aliphatic rings. The van der Waals surface area contributed by atoms with Gasteiger partial charge in [-0.05, 0) is 46.8 Å². The first-order chi connectivity index (χ1) is 7.41. The summed E-state index contributed by atoms with van der Waals surface area (Å²) in [5, 5.41) is 0. The van der Waals surface area contributed by atoms with Crippen LogP contribution in [0.3, 0.4) is 0 Å². The molecule has 0 unspecified atom stereocenters. The summed E-state index contributed by atoms with van der Waals surface area (Å²) in [6.45, 7) is 11.4. The van der Waals surface area contributed by atoms with Gasteiger partial charge in [0.2, 0.25) is 0 Å². The highest BCUT2D eigenvalue weighted by Gasteiger charge is 2.32. The van der Waals surface area contributed by atoms with Crippen LogP contribution in [0.4, 0.5) is 0 Å². The van der Waals surface area contributed by atoms with E-state index in [-0.39, 0.29) is 5.41 Å². The van der Waals surface area contributed by atoms with Crippen molar-refractivity contribution in [2.75, 3.05) is 0 Å². The van der Waals surface area contributed by atoms with Gasteiger partial charge in [-0.25, -0.2) is 0 Å². The Morgan fingerprint density at radius 1 is 1.12 bits per heavy atom. The van der Waals surface area contributed by atoms with Crippen molar-refractivity contribution < 1.29 is 0 Å². The number of benzene rings is 1. The molecule has 16 heavy (non-hydrogen) atoms. The average molecular weight is 215 g/mol. The zero-order chi connectivity index (χ0) is 11.9. The van der Waals surface area contributed by atoms with Crippen molar-refractivity contribution in [1.29, 1.82) is 0 Å². The Balaban J connectivity index is 2.56. The first kappa shape index (κ1) is 11.7. The van der Waals surface area contributed by atoms with Crippen LogP contribution in [-0.2, 0) is 5.41 Å². The predicted molar refractivity (Wildman–Crippen MR) is 70.8 cm³/mol. The molecule has 0 heterocycles. The summed E-state index contributed by atoms with van der Waals surface area (Å²) < 4.78 is 0. The summed E-state index contributed by atoms with van der Waals surface area (Å²) >= 11 is 0. The van der Waals surface area contributed by atoms with Crippen molar-refractivity contribution in [2.45, 2.75) is 58.8 Å². The molecule has 0 heteroatoms. The molecule has 0 N–H and O–H groups in total. The van der Waals surface area contributed by atoms with E-state index in [0.29, 0.717) is 0 Å². The normalized spacial score (nSPS) is 16.9. The third-order valence-electron chi connectivity index (χ3n) is 3.44. The minimum Gasteiger partial charge on any atom is -0.0617 e. The fourth-order valence-electron chi connectivity index (χ4n) is 2.47. The van der Waals surface area contributed by atoms with E-state index >= 15 is 0 Å². The van der Waals surface area contributed by atoms with E-state index in [1.54, 1.807) is 11.1 Å². The fraction of sp³-hybridized carbons (Fsp3) is 0.562. The molecule has 0 nitrogen and oxygen atoms in total. The molecular weight excluding hydrogens is 192 g/mol. The molecule has 0 aromatic heterocycles. The largest absolute Gasteiger partial charge is 0.0617 e. The standard InChI is InChI=1S/C16H23/c1-11(2)13-7-6-8-14(16(3,4)5)15(13)12-9-10-12/h6-8,12H,9-10H2,1-5H3. The molecule has 1 fully saturated rings. The van der Waals surface area contributed by atoms with Crippen molar-refractivity contribution in [3.8, 4) is 0 Å². The Morgan fingerprint density at radius 3 is 2.19 bits per heavy atom. The quantitative estimate of drug-likeness (QED) is 0.663. The summed E-state index contributed by atoms with van der Waals surface area (Å²) in [6.07, 6.45) is 2.76. The SMILES string of the molecule is C[C](C)c1cccc(C(C)(C)C)c1C1CC1. The van der Waals surface area contributed by atoms with Crippen LogP contribution in [0.5, 0.6) is 0 Å². The highest BCUT2D eigenvalue weighted by Crippen LogP contribution is 2.47.